The molecule has 16 nitrogen and oxygen atoms in total. The number of aliphatic imine (C=N–C) groups is 1. The molecule has 16 heteroatoms. The second-order valence-electron chi connectivity index (χ2n) is 13.1. The zero-order valence-electron chi connectivity index (χ0n) is 30.5. The van der Waals surface area contributed by atoms with Crippen molar-refractivity contribution in [3.63, 3.8) is 0 Å². The summed E-state index contributed by atoms with van der Waals surface area (Å²) in [6.45, 7) is 0.112. The molecule has 4 aromatic rings. The largest absolute Gasteiger partial charge is 0.508 e. The number of nitrogens with one attached hydrogen (secondary N) is 4. The Morgan fingerprint density at radius 2 is 1.16 bits per heavy atom. The fourth-order valence-corrected chi connectivity index (χ4v) is 5.85. The summed E-state index contributed by atoms with van der Waals surface area (Å²) in [5.41, 5.74) is 18.0. The molecule has 4 rings (SSSR count). The Morgan fingerprint density at radius 3 is 1.80 bits per heavy atom. The van der Waals surface area contributed by atoms with Crippen LogP contribution in [0.5, 0.6) is 5.75 Å². The molecule has 0 saturated heterocycles. The van der Waals surface area contributed by atoms with Gasteiger partial charge in [0.05, 0.1) is 0 Å². The zero-order chi connectivity index (χ0) is 40.6. The molecule has 0 heterocycles. The molecular formula is C40H46N8O8. The maximum Gasteiger partial charge on any atom is 0.303 e. The Bertz CT molecular complexity index is 2040. The van der Waals surface area contributed by atoms with Gasteiger partial charge >= 0.3 is 5.97 Å². The van der Waals surface area contributed by atoms with E-state index < -0.39 is 66.1 Å². The highest BCUT2D eigenvalue weighted by atomic mass is 16.4. The number of carbonyl (C=O) groups is 6. The molecule has 0 aliphatic carbocycles. The molecule has 4 aromatic carbocycles. The molecule has 0 aromatic heterocycles. The van der Waals surface area contributed by atoms with Gasteiger partial charge in [0.15, 0.2) is 5.96 Å². The summed E-state index contributed by atoms with van der Waals surface area (Å²) in [4.78, 5) is 82.9. The lowest BCUT2D eigenvalue weighted by atomic mass is 10.0. The first-order valence-electron chi connectivity index (χ1n) is 17.9. The summed E-state index contributed by atoms with van der Waals surface area (Å²) >= 11 is 0. The van der Waals surface area contributed by atoms with Gasteiger partial charge in [-0.05, 0) is 65.4 Å². The highest BCUT2D eigenvalue weighted by Gasteiger charge is 2.31. The number of carboxylic acids is 1. The summed E-state index contributed by atoms with van der Waals surface area (Å²) in [6.07, 6.45) is -0.571. The predicted octanol–water partition coefficient (Wildman–Crippen LogP) is 0.987. The third-order valence-corrected chi connectivity index (χ3v) is 8.81. The average molecular weight is 767 g/mol. The van der Waals surface area contributed by atoms with Crippen LogP contribution in [0.25, 0.3) is 10.8 Å². The van der Waals surface area contributed by atoms with E-state index in [4.69, 9.17) is 17.2 Å². The first-order chi connectivity index (χ1) is 26.8. The van der Waals surface area contributed by atoms with Crippen molar-refractivity contribution in [1.29, 1.82) is 0 Å². The Hall–Kier alpha value is -6.97. The monoisotopic (exact) mass is 766 g/mol. The Morgan fingerprint density at radius 1 is 0.607 bits per heavy atom. The van der Waals surface area contributed by atoms with Gasteiger partial charge in [0.25, 0.3) is 5.91 Å². The standard InChI is InChI=1S/C40H46N8O8/c41-35(52)32(21-25-12-16-29(49)17-13-25)47-37(54)30(11-6-20-44-40(42)43)46-39(56)33(22-24-7-2-1-3-8-24)48-38(55)31(18-19-34(50)51)45-36(53)28-15-14-26-9-4-5-10-27(26)23-28/h1-5,7-10,12-17,23,30-33,49H,6,11,18-22H2,(H2,41,52)(H,45,53)(H,46,56)(H,47,54)(H,48,55)(H,50,51)(H4,42,43,44)/t30-,31-,32-,33-/m0/s1. The highest BCUT2D eigenvalue weighted by molar-refractivity contribution is 6.01. The predicted molar refractivity (Wildman–Crippen MR) is 209 cm³/mol. The molecule has 0 saturated carbocycles. The van der Waals surface area contributed by atoms with E-state index in [1.807, 2.05) is 24.3 Å². The molecule has 0 fully saturated rings. The minimum absolute atomic E-state index is 0.00804. The minimum atomic E-state index is -1.36. The van der Waals surface area contributed by atoms with E-state index in [0.29, 0.717) is 11.1 Å². The summed E-state index contributed by atoms with van der Waals surface area (Å²) in [7, 11) is 0. The molecule has 4 atom stereocenters. The molecule has 56 heavy (non-hydrogen) atoms. The number of primary amides is 1. The van der Waals surface area contributed by atoms with E-state index in [0.717, 1.165) is 10.8 Å². The van der Waals surface area contributed by atoms with Gasteiger partial charge in [0, 0.05) is 31.4 Å². The first-order valence-corrected chi connectivity index (χ1v) is 17.9. The van der Waals surface area contributed by atoms with Gasteiger partial charge in [-0.15, -0.1) is 0 Å². The lowest BCUT2D eigenvalue weighted by Gasteiger charge is -2.26. The number of aliphatic carboxylic acids is 1. The van der Waals surface area contributed by atoms with Gasteiger partial charge in [-0.25, -0.2) is 0 Å². The summed E-state index contributed by atoms with van der Waals surface area (Å²) in [5.74, 6) is -5.19. The lowest BCUT2D eigenvalue weighted by Crippen LogP contribution is -2.58. The van der Waals surface area contributed by atoms with Crippen molar-refractivity contribution in [2.45, 2.75) is 62.7 Å². The number of aromatic hydroxyl groups is 1. The van der Waals surface area contributed by atoms with Gasteiger partial charge < -0.3 is 48.7 Å². The molecule has 0 radical (unpaired) electrons. The van der Waals surface area contributed by atoms with Crippen LogP contribution in [0.2, 0.25) is 0 Å². The summed E-state index contributed by atoms with van der Waals surface area (Å²) < 4.78 is 0. The van der Waals surface area contributed by atoms with Crippen molar-refractivity contribution in [2.75, 3.05) is 6.54 Å². The van der Waals surface area contributed by atoms with Crippen molar-refractivity contribution >= 4 is 52.2 Å². The topological polar surface area (TPSA) is 281 Å². The van der Waals surface area contributed by atoms with Gasteiger partial charge in [-0.3, -0.25) is 33.8 Å². The minimum Gasteiger partial charge on any atom is -0.508 e. The Labute approximate surface area is 322 Å². The number of carboxylic acid groups (broad SMARTS) is 1. The summed E-state index contributed by atoms with van der Waals surface area (Å²) in [6, 6.07) is 21.9. The van der Waals surface area contributed by atoms with Gasteiger partial charge in [0.2, 0.25) is 23.6 Å². The van der Waals surface area contributed by atoms with E-state index in [9.17, 15) is 39.0 Å². The third kappa shape index (κ3) is 13.2. The quantitative estimate of drug-likeness (QED) is 0.0349. The number of hydrogen-bond acceptors (Lipinski definition) is 8. The number of phenolic OH excluding ortho intramolecular Hbond substituents is 1. The van der Waals surface area contributed by atoms with Crippen molar-refractivity contribution in [3.8, 4) is 5.75 Å². The van der Waals surface area contributed by atoms with Crippen LogP contribution in [0.1, 0.15) is 47.2 Å². The Balaban J connectivity index is 1.57. The number of carbonyl (C=O) groups excluding carboxylic acids is 5. The fraction of sp³-hybridized carbons (Fsp3) is 0.275. The SMILES string of the molecule is NC(=O)[C@H](Cc1ccc(O)cc1)NC(=O)[C@H](CCCN=C(N)N)NC(=O)[C@H](Cc1ccccc1)NC(=O)[C@H](CCC(=O)O)NC(=O)c1ccc2ccccc2c1. The first kappa shape index (κ1) is 41.8. The zero-order valence-corrected chi connectivity index (χ0v) is 30.5. The van der Waals surface area contributed by atoms with Crippen molar-refractivity contribution < 1.29 is 39.0 Å². The van der Waals surface area contributed by atoms with Crippen molar-refractivity contribution in [3.05, 3.63) is 114 Å². The van der Waals surface area contributed by atoms with Crippen LogP contribution in [0.15, 0.2) is 102 Å². The van der Waals surface area contributed by atoms with Gasteiger partial charge in [-0.2, -0.15) is 0 Å². The van der Waals surface area contributed by atoms with Crippen LogP contribution in [-0.4, -0.2) is 82.4 Å². The van der Waals surface area contributed by atoms with E-state index in [1.54, 1.807) is 60.7 Å². The second kappa shape index (κ2) is 20.5. The molecule has 0 unspecified atom stereocenters. The smallest absolute Gasteiger partial charge is 0.303 e. The maximum atomic E-state index is 14.1. The number of nitrogens with zero attached hydrogens (tertiary/aromatic N) is 1. The van der Waals surface area contributed by atoms with Crippen LogP contribution >= 0.6 is 0 Å². The number of benzene rings is 4. The van der Waals surface area contributed by atoms with E-state index >= 15 is 0 Å². The number of phenols is 1. The molecule has 5 amide bonds. The van der Waals surface area contributed by atoms with E-state index in [-0.39, 0.29) is 55.9 Å². The number of nitrogens with two attached hydrogens (primary N) is 3. The normalized spacial score (nSPS) is 12.9. The van der Waals surface area contributed by atoms with Crippen LogP contribution in [-0.2, 0) is 36.8 Å². The molecule has 0 bridgehead atoms. The molecule has 0 spiro atoms. The average Bonchev–Trinajstić information content (AvgIpc) is 3.17. The second-order valence-corrected chi connectivity index (χ2v) is 13.1. The van der Waals surface area contributed by atoms with Gasteiger partial charge in [-0.1, -0.05) is 72.8 Å². The number of fused-ring (bicyclic) bond motifs is 1. The van der Waals surface area contributed by atoms with Crippen molar-refractivity contribution in [1.82, 2.24) is 21.3 Å². The number of amides is 5. The summed E-state index contributed by atoms with van der Waals surface area (Å²) in [5, 5.41) is 31.3. The fourth-order valence-electron chi connectivity index (χ4n) is 5.85. The lowest BCUT2D eigenvalue weighted by molar-refractivity contribution is -0.137. The van der Waals surface area contributed by atoms with E-state index in [2.05, 4.69) is 26.3 Å². The van der Waals surface area contributed by atoms with Crippen molar-refractivity contribution in [2.24, 2.45) is 22.2 Å². The number of hydrogen-bond donors (Lipinski definition) is 9. The van der Waals surface area contributed by atoms with Crippen LogP contribution in [0.4, 0.5) is 0 Å². The molecule has 294 valence electrons. The highest BCUT2D eigenvalue weighted by Crippen LogP contribution is 2.17. The Kier molecular flexibility index (Phi) is 15.3. The van der Waals surface area contributed by atoms with Crippen LogP contribution in [0.3, 0.4) is 0 Å². The third-order valence-electron chi connectivity index (χ3n) is 8.81. The van der Waals surface area contributed by atoms with E-state index in [1.165, 1.54) is 12.1 Å². The van der Waals surface area contributed by atoms with Crippen LogP contribution in [0, 0.1) is 0 Å². The van der Waals surface area contributed by atoms with Crippen LogP contribution < -0.4 is 38.5 Å². The molecular weight excluding hydrogens is 720 g/mol. The number of rotatable bonds is 20. The molecule has 0 aliphatic heterocycles. The maximum absolute atomic E-state index is 14.1. The molecule has 12 N–H and O–H groups in total. The van der Waals surface area contributed by atoms with Gasteiger partial charge in [0.1, 0.15) is 29.9 Å². The number of guanidine groups is 1. The molecule has 0 aliphatic rings.